The summed E-state index contributed by atoms with van der Waals surface area (Å²) in [6, 6.07) is 3.55. The van der Waals surface area contributed by atoms with Crippen molar-refractivity contribution in [1.29, 1.82) is 0 Å². The van der Waals surface area contributed by atoms with Crippen molar-refractivity contribution in [1.82, 2.24) is 9.88 Å². The molecular formula is C11H14N2O2. The van der Waals surface area contributed by atoms with Crippen molar-refractivity contribution in [3.63, 3.8) is 0 Å². The van der Waals surface area contributed by atoms with Gasteiger partial charge in [-0.15, -0.1) is 0 Å². The van der Waals surface area contributed by atoms with E-state index in [0.717, 1.165) is 5.69 Å². The van der Waals surface area contributed by atoms with Crippen LogP contribution in [0.5, 0.6) is 5.75 Å². The fraction of sp³-hybridized carbons (Fsp3) is 0.273. The van der Waals surface area contributed by atoms with Crippen LogP contribution >= 0.6 is 0 Å². The quantitative estimate of drug-likeness (QED) is 0.554. The fourth-order valence-corrected chi connectivity index (χ4v) is 0.950. The second-order valence-corrected chi connectivity index (χ2v) is 3.36. The van der Waals surface area contributed by atoms with Gasteiger partial charge in [0.05, 0.1) is 6.20 Å². The second-order valence-electron chi connectivity index (χ2n) is 3.36. The Labute approximate surface area is 89.2 Å². The van der Waals surface area contributed by atoms with E-state index in [1.807, 2.05) is 13.0 Å². The van der Waals surface area contributed by atoms with Crippen molar-refractivity contribution in [3.05, 3.63) is 36.4 Å². The summed E-state index contributed by atoms with van der Waals surface area (Å²) in [5.74, 6) is 0.349. The third-order valence-electron chi connectivity index (χ3n) is 1.77. The summed E-state index contributed by atoms with van der Waals surface area (Å²) < 4.78 is 5.24. The molecule has 1 aromatic heterocycles. The lowest BCUT2D eigenvalue weighted by atomic mass is 10.4. The highest BCUT2D eigenvalue weighted by Gasteiger charge is 2.11. The summed E-state index contributed by atoms with van der Waals surface area (Å²) >= 11 is 0. The molecule has 0 aliphatic rings. The molecule has 0 spiro atoms. The zero-order valence-electron chi connectivity index (χ0n) is 9.15. The first-order valence-electron chi connectivity index (χ1n) is 4.52. The van der Waals surface area contributed by atoms with E-state index in [1.165, 1.54) is 4.90 Å². The second kappa shape index (κ2) is 4.59. The molecule has 0 saturated carbocycles. The molecule has 0 bridgehead atoms. The number of nitrogens with zero attached hydrogens (tertiary/aromatic N) is 2. The smallest absolute Gasteiger partial charge is 0.288 e. The number of carbonyl (C=O) groups is 1. The van der Waals surface area contributed by atoms with E-state index in [-0.39, 0.29) is 11.7 Å². The van der Waals surface area contributed by atoms with Gasteiger partial charge in [0.1, 0.15) is 5.75 Å². The minimum absolute atomic E-state index is 0.0886. The molecular weight excluding hydrogens is 192 g/mol. The van der Waals surface area contributed by atoms with Gasteiger partial charge >= 0.3 is 0 Å². The predicted molar refractivity (Wildman–Crippen MR) is 57.4 cm³/mol. The van der Waals surface area contributed by atoms with Crippen molar-refractivity contribution in [2.24, 2.45) is 0 Å². The highest BCUT2D eigenvalue weighted by atomic mass is 16.5. The Bertz CT molecular complexity index is 369. The Balaban J connectivity index is 2.67. The van der Waals surface area contributed by atoms with Gasteiger partial charge in [-0.1, -0.05) is 6.58 Å². The van der Waals surface area contributed by atoms with E-state index in [9.17, 15) is 4.79 Å². The summed E-state index contributed by atoms with van der Waals surface area (Å²) in [5.41, 5.74) is 0.895. The molecule has 0 saturated heterocycles. The molecule has 1 aromatic rings. The zero-order valence-corrected chi connectivity index (χ0v) is 9.15. The van der Waals surface area contributed by atoms with Crippen molar-refractivity contribution in [3.8, 4) is 5.75 Å². The van der Waals surface area contributed by atoms with Crippen LogP contribution < -0.4 is 4.74 Å². The first-order valence-corrected chi connectivity index (χ1v) is 4.52. The zero-order chi connectivity index (χ0) is 11.4. The minimum Gasteiger partial charge on any atom is -0.451 e. The standard InChI is InChI=1S/C11H14N2O2/c1-8-5-6-10(7-12-8)15-9(2)11(14)13(3)4/h5-7H,2H2,1,3-4H3. The first kappa shape index (κ1) is 11.2. The maximum absolute atomic E-state index is 11.4. The molecule has 1 rings (SSSR count). The molecule has 0 atom stereocenters. The highest BCUT2D eigenvalue weighted by molar-refractivity contribution is 5.90. The molecule has 0 N–H and O–H groups in total. The van der Waals surface area contributed by atoms with E-state index in [4.69, 9.17) is 4.74 Å². The molecule has 1 amide bonds. The number of likely N-dealkylation sites (N-methyl/N-ethyl adjacent to an activating group) is 1. The van der Waals surface area contributed by atoms with Gasteiger partial charge in [0, 0.05) is 19.8 Å². The Morgan fingerprint density at radius 2 is 2.13 bits per heavy atom. The van der Waals surface area contributed by atoms with Crippen molar-refractivity contribution in [2.45, 2.75) is 6.92 Å². The molecule has 0 unspecified atom stereocenters. The lowest BCUT2D eigenvalue weighted by Crippen LogP contribution is -2.25. The van der Waals surface area contributed by atoms with Crippen LogP contribution in [-0.2, 0) is 4.79 Å². The number of rotatable bonds is 3. The van der Waals surface area contributed by atoms with Crippen molar-refractivity contribution in [2.75, 3.05) is 14.1 Å². The number of hydrogen-bond acceptors (Lipinski definition) is 3. The van der Waals surface area contributed by atoms with Crippen molar-refractivity contribution < 1.29 is 9.53 Å². The van der Waals surface area contributed by atoms with Crippen LogP contribution in [0.15, 0.2) is 30.7 Å². The van der Waals surface area contributed by atoms with E-state index in [2.05, 4.69) is 11.6 Å². The SMILES string of the molecule is C=C(Oc1ccc(C)nc1)C(=O)N(C)C. The third kappa shape index (κ3) is 3.09. The van der Waals surface area contributed by atoms with Gasteiger partial charge in [-0.2, -0.15) is 0 Å². The van der Waals surface area contributed by atoms with Crippen LogP contribution in [0.25, 0.3) is 0 Å². The van der Waals surface area contributed by atoms with Gasteiger partial charge < -0.3 is 9.64 Å². The third-order valence-corrected chi connectivity index (χ3v) is 1.77. The number of pyridine rings is 1. The molecule has 1 heterocycles. The van der Waals surface area contributed by atoms with E-state index in [0.29, 0.717) is 5.75 Å². The lowest BCUT2D eigenvalue weighted by Gasteiger charge is -2.12. The molecule has 0 aromatic carbocycles. The highest BCUT2D eigenvalue weighted by Crippen LogP contribution is 2.12. The van der Waals surface area contributed by atoms with Crippen LogP contribution in [0.2, 0.25) is 0 Å². The number of aromatic nitrogens is 1. The summed E-state index contributed by atoms with van der Waals surface area (Å²) in [6.07, 6.45) is 1.56. The normalized spacial score (nSPS) is 9.53. The van der Waals surface area contributed by atoms with E-state index in [1.54, 1.807) is 26.4 Å². The Kier molecular flexibility index (Phi) is 3.44. The Morgan fingerprint density at radius 3 is 2.60 bits per heavy atom. The van der Waals surface area contributed by atoms with E-state index < -0.39 is 0 Å². The average molecular weight is 206 g/mol. The van der Waals surface area contributed by atoms with Crippen LogP contribution in [-0.4, -0.2) is 29.9 Å². The van der Waals surface area contributed by atoms with Gasteiger partial charge in [0.2, 0.25) is 0 Å². The maximum Gasteiger partial charge on any atom is 0.288 e. The summed E-state index contributed by atoms with van der Waals surface area (Å²) in [7, 11) is 3.29. The van der Waals surface area contributed by atoms with Gasteiger partial charge in [0.15, 0.2) is 5.76 Å². The van der Waals surface area contributed by atoms with Crippen LogP contribution in [0, 0.1) is 6.92 Å². The largest absolute Gasteiger partial charge is 0.451 e. The summed E-state index contributed by atoms with van der Waals surface area (Å²) in [6.45, 7) is 5.43. The molecule has 0 radical (unpaired) electrons. The molecule has 0 aliphatic heterocycles. The van der Waals surface area contributed by atoms with Gasteiger partial charge in [0.25, 0.3) is 5.91 Å². The lowest BCUT2D eigenvalue weighted by molar-refractivity contribution is -0.126. The number of aryl methyl sites for hydroxylation is 1. The maximum atomic E-state index is 11.4. The minimum atomic E-state index is -0.254. The van der Waals surface area contributed by atoms with Gasteiger partial charge in [-0.05, 0) is 19.1 Å². The average Bonchev–Trinajstić information content (AvgIpc) is 2.20. The molecule has 80 valence electrons. The number of hydrogen-bond donors (Lipinski definition) is 0. The molecule has 4 nitrogen and oxygen atoms in total. The topological polar surface area (TPSA) is 42.4 Å². The Morgan fingerprint density at radius 1 is 1.47 bits per heavy atom. The predicted octanol–water partition coefficient (Wildman–Crippen LogP) is 1.37. The number of carbonyl (C=O) groups excluding carboxylic acids is 1. The number of amides is 1. The fourth-order valence-electron chi connectivity index (χ4n) is 0.950. The monoisotopic (exact) mass is 206 g/mol. The summed E-state index contributed by atoms with van der Waals surface area (Å²) in [5, 5.41) is 0. The van der Waals surface area contributed by atoms with Gasteiger partial charge in [-0.3, -0.25) is 9.78 Å². The first-order chi connectivity index (χ1) is 7.00. The van der Waals surface area contributed by atoms with Crippen LogP contribution in [0.4, 0.5) is 0 Å². The van der Waals surface area contributed by atoms with Gasteiger partial charge in [-0.25, -0.2) is 0 Å². The van der Waals surface area contributed by atoms with Crippen LogP contribution in [0.1, 0.15) is 5.69 Å². The van der Waals surface area contributed by atoms with Crippen LogP contribution in [0.3, 0.4) is 0 Å². The summed E-state index contributed by atoms with van der Waals surface area (Å²) in [4.78, 5) is 16.8. The number of ether oxygens (including phenoxy) is 1. The molecule has 4 heteroatoms. The molecule has 15 heavy (non-hydrogen) atoms. The van der Waals surface area contributed by atoms with Crippen molar-refractivity contribution >= 4 is 5.91 Å². The van der Waals surface area contributed by atoms with E-state index >= 15 is 0 Å². The molecule has 0 fully saturated rings. The Hall–Kier alpha value is -1.84. The molecule has 0 aliphatic carbocycles.